The van der Waals surface area contributed by atoms with Gasteiger partial charge in [0.2, 0.25) is 0 Å². The van der Waals surface area contributed by atoms with E-state index in [9.17, 15) is 12.8 Å². The summed E-state index contributed by atoms with van der Waals surface area (Å²) in [4.78, 5) is 0.0227. The highest BCUT2D eigenvalue weighted by atomic mass is 32.2. The standard InChI is InChI=1S/C10H14FNO2S/c1-15(13,14)10-6-8(3-2-4-12)5-9(11)7-10/h5-7H,2-4,12H2,1H3. The highest BCUT2D eigenvalue weighted by Crippen LogP contribution is 2.15. The predicted octanol–water partition coefficient (Wildman–Crippen LogP) is 1.12. The van der Waals surface area contributed by atoms with Crippen LogP contribution in [0.2, 0.25) is 0 Å². The second kappa shape index (κ2) is 4.72. The summed E-state index contributed by atoms with van der Waals surface area (Å²) >= 11 is 0. The molecule has 0 bridgehead atoms. The first-order chi connectivity index (χ1) is 6.93. The summed E-state index contributed by atoms with van der Waals surface area (Å²) in [7, 11) is -3.34. The van der Waals surface area contributed by atoms with Crippen LogP contribution in [0.5, 0.6) is 0 Å². The number of rotatable bonds is 4. The van der Waals surface area contributed by atoms with Gasteiger partial charge in [0.05, 0.1) is 4.90 Å². The maximum atomic E-state index is 13.1. The minimum absolute atomic E-state index is 0.0227. The normalized spacial score (nSPS) is 11.7. The molecule has 0 heterocycles. The molecule has 0 aliphatic heterocycles. The number of aryl methyl sites for hydroxylation is 1. The molecule has 1 aromatic rings. The van der Waals surface area contributed by atoms with E-state index < -0.39 is 15.7 Å². The van der Waals surface area contributed by atoms with Crippen molar-refractivity contribution in [3.05, 3.63) is 29.6 Å². The van der Waals surface area contributed by atoms with Crippen molar-refractivity contribution in [3.8, 4) is 0 Å². The summed E-state index contributed by atoms with van der Waals surface area (Å²) in [5.41, 5.74) is 5.99. The first kappa shape index (κ1) is 12.1. The third-order valence-corrected chi connectivity index (χ3v) is 3.12. The number of hydrogen-bond donors (Lipinski definition) is 1. The fraction of sp³-hybridized carbons (Fsp3) is 0.400. The monoisotopic (exact) mass is 231 g/mol. The van der Waals surface area contributed by atoms with Crippen molar-refractivity contribution in [3.63, 3.8) is 0 Å². The van der Waals surface area contributed by atoms with Gasteiger partial charge in [0.15, 0.2) is 9.84 Å². The maximum Gasteiger partial charge on any atom is 0.175 e. The second-order valence-corrected chi connectivity index (χ2v) is 5.48. The third kappa shape index (κ3) is 3.60. The molecule has 5 heteroatoms. The molecule has 0 atom stereocenters. The van der Waals surface area contributed by atoms with Crippen molar-refractivity contribution in [2.24, 2.45) is 5.73 Å². The van der Waals surface area contributed by atoms with Gasteiger partial charge in [-0.25, -0.2) is 12.8 Å². The van der Waals surface area contributed by atoms with E-state index in [1.165, 1.54) is 12.1 Å². The SMILES string of the molecule is CS(=O)(=O)c1cc(F)cc(CCCN)c1. The van der Waals surface area contributed by atoms with Crippen molar-refractivity contribution < 1.29 is 12.8 Å². The fourth-order valence-corrected chi connectivity index (χ4v) is 1.98. The summed E-state index contributed by atoms with van der Waals surface area (Å²) in [6.45, 7) is 0.505. The molecular weight excluding hydrogens is 217 g/mol. The summed E-state index contributed by atoms with van der Waals surface area (Å²) in [6, 6.07) is 3.86. The zero-order valence-electron chi connectivity index (χ0n) is 8.53. The molecular formula is C10H14FNO2S. The zero-order valence-corrected chi connectivity index (χ0v) is 9.35. The van der Waals surface area contributed by atoms with E-state index in [1.807, 2.05) is 0 Å². The lowest BCUT2D eigenvalue weighted by molar-refractivity contribution is 0.594. The van der Waals surface area contributed by atoms with Crippen molar-refractivity contribution in [2.45, 2.75) is 17.7 Å². The van der Waals surface area contributed by atoms with Gasteiger partial charge in [-0.1, -0.05) is 0 Å². The molecule has 0 spiro atoms. The first-order valence-electron chi connectivity index (χ1n) is 4.63. The molecule has 3 nitrogen and oxygen atoms in total. The van der Waals surface area contributed by atoms with E-state index in [0.717, 1.165) is 12.3 Å². The van der Waals surface area contributed by atoms with Gasteiger partial charge in [-0.3, -0.25) is 0 Å². The van der Waals surface area contributed by atoms with Crippen LogP contribution in [0.3, 0.4) is 0 Å². The van der Waals surface area contributed by atoms with Gasteiger partial charge in [-0.05, 0) is 43.1 Å². The Morgan fingerprint density at radius 2 is 2.00 bits per heavy atom. The Morgan fingerprint density at radius 3 is 2.53 bits per heavy atom. The lowest BCUT2D eigenvalue weighted by Crippen LogP contribution is -2.03. The number of sulfone groups is 1. The van der Waals surface area contributed by atoms with Crippen molar-refractivity contribution in [1.82, 2.24) is 0 Å². The molecule has 1 rings (SSSR count). The Kier molecular flexibility index (Phi) is 3.82. The van der Waals surface area contributed by atoms with E-state index in [4.69, 9.17) is 5.73 Å². The molecule has 0 aliphatic carbocycles. The molecule has 84 valence electrons. The molecule has 0 radical (unpaired) electrons. The molecule has 0 fully saturated rings. The molecule has 0 amide bonds. The highest BCUT2D eigenvalue weighted by Gasteiger charge is 2.09. The van der Waals surface area contributed by atoms with Gasteiger partial charge in [0.25, 0.3) is 0 Å². The van der Waals surface area contributed by atoms with Crippen LogP contribution in [0.15, 0.2) is 23.1 Å². The molecule has 1 aromatic carbocycles. The summed E-state index contributed by atoms with van der Waals surface area (Å²) in [5, 5.41) is 0. The molecule has 0 saturated heterocycles. The summed E-state index contributed by atoms with van der Waals surface area (Å²) in [5.74, 6) is -0.523. The fourth-order valence-electron chi connectivity index (χ4n) is 1.29. The topological polar surface area (TPSA) is 60.2 Å². The van der Waals surface area contributed by atoms with Gasteiger partial charge in [-0.2, -0.15) is 0 Å². The molecule has 0 saturated carbocycles. The van der Waals surface area contributed by atoms with E-state index in [2.05, 4.69) is 0 Å². The first-order valence-corrected chi connectivity index (χ1v) is 6.52. The molecule has 0 aliphatic rings. The summed E-state index contributed by atoms with van der Waals surface area (Å²) in [6.07, 6.45) is 2.37. The molecule has 2 N–H and O–H groups in total. The van der Waals surface area contributed by atoms with Crippen molar-refractivity contribution in [2.75, 3.05) is 12.8 Å². The van der Waals surface area contributed by atoms with Crippen LogP contribution in [0.4, 0.5) is 4.39 Å². The largest absolute Gasteiger partial charge is 0.330 e. The third-order valence-electron chi connectivity index (χ3n) is 2.03. The van der Waals surface area contributed by atoms with Gasteiger partial charge in [0.1, 0.15) is 5.82 Å². The highest BCUT2D eigenvalue weighted by molar-refractivity contribution is 7.90. The molecule has 15 heavy (non-hydrogen) atoms. The van der Waals surface area contributed by atoms with Gasteiger partial charge in [0, 0.05) is 6.26 Å². The van der Waals surface area contributed by atoms with Crippen LogP contribution in [0, 0.1) is 5.82 Å². The number of hydrogen-bond acceptors (Lipinski definition) is 3. The van der Waals surface area contributed by atoms with Crippen LogP contribution < -0.4 is 5.73 Å². The Morgan fingerprint density at radius 1 is 1.33 bits per heavy atom. The Labute approximate surface area is 89.0 Å². The minimum atomic E-state index is -3.34. The number of benzene rings is 1. The van der Waals surface area contributed by atoms with Crippen LogP contribution >= 0.6 is 0 Å². The minimum Gasteiger partial charge on any atom is -0.330 e. The lowest BCUT2D eigenvalue weighted by atomic mass is 10.1. The Bertz CT molecular complexity index is 443. The van der Waals surface area contributed by atoms with Crippen LogP contribution in [0.25, 0.3) is 0 Å². The predicted molar refractivity (Wildman–Crippen MR) is 56.9 cm³/mol. The Hall–Kier alpha value is -0.940. The Balaban J connectivity index is 3.06. The van der Waals surface area contributed by atoms with Crippen molar-refractivity contribution >= 4 is 9.84 Å². The van der Waals surface area contributed by atoms with E-state index in [0.29, 0.717) is 24.9 Å². The van der Waals surface area contributed by atoms with E-state index in [1.54, 1.807) is 0 Å². The van der Waals surface area contributed by atoms with E-state index in [-0.39, 0.29) is 4.90 Å². The van der Waals surface area contributed by atoms with Gasteiger partial charge in [-0.15, -0.1) is 0 Å². The number of halogens is 1. The van der Waals surface area contributed by atoms with Crippen LogP contribution in [-0.4, -0.2) is 21.2 Å². The van der Waals surface area contributed by atoms with E-state index >= 15 is 0 Å². The number of nitrogens with two attached hydrogens (primary N) is 1. The molecule has 0 unspecified atom stereocenters. The zero-order chi connectivity index (χ0) is 11.5. The molecule has 0 aromatic heterocycles. The van der Waals surface area contributed by atoms with Gasteiger partial charge < -0.3 is 5.73 Å². The van der Waals surface area contributed by atoms with Crippen LogP contribution in [-0.2, 0) is 16.3 Å². The second-order valence-electron chi connectivity index (χ2n) is 3.46. The smallest absolute Gasteiger partial charge is 0.175 e. The van der Waals surface area contributed by atoms with Crippen molar-refractivity contribution in [1.29, 1.82) is 0 Å². The average Bonchev–Trinajstić information content (AvgIpc) is 2.12. The quantitative estimate of drug-likeness (QED) is 0.844. The van der Waals surface area contributed by atoms with Gasteiger partial charge >= 0.3 is 0 Å². The average molecular weight is 231 g/mol. The summed E-state index contributed by atoms with van der Waals surface area (Å²) < 4.78 is 35.5. The van der Waals surface area contributed by atoms with Crippen LogP contribution in [0.1, 0.15) is 12.0 Å². The lowest BCUT2D eigenvalue weighted by Gasteiger charge is -2.04. The maximum absolute atomic E-state index is 13.1.